The summed E-state index contributed by atoms with van der Waals surface area (Å²) in [7, 11) is 0. The number of nitrogens with one attached hydrogen (secondary N) is 2. The van der Waals surface area contributed by atoms with E-state index in [1.165, 1.54) is 12.3 Å². The average Bonchev–Trinajstić information content (AvgIpc) is 3.02. The van der Waals surface area contributed by atoms with Crippen molar-refractivity contribution in [3.05, 3.63) is 83.2 Å². The van der Waals surface area contributed by atoms with Gasteiger partial charge >= 0.3 is 0 Å². The Balaban J connectivity index is 1.60. The van der Waals surface area contributed by atoms with Crippen molar-refractivity contribution in [1.29, 1.82) is 0 Å². The quantitative estimate of drug-likeness (QED) is 0.760. The van der Waals surface area contributed by atoms with Crippen LogP contribution in [-0.4, -0.2) is 21.1 Å². The monoisotopic (exact) mass is 310 g/mol. The van der Waals surface area contributed by atoms with Crippen LogP contribution in [0.1, 0.15) is 27.3 Å². The van der Waals surface area contributed by atoms with E-state index in [1.807, 2.05) is 30.3 Å². The zero-order chi connectivity index (χ0) is 16.1. The first kappa shape index (κ1) is 14.9. The highest BCUT2D eigenvalue weighted by Crippen LogP contribution is 2.08. The van der Waals surface area contributed by atoms with Gasteiger partial charge < -0.3 is 5.32 Å². The van der Waals surface area contributed by atoms with Crippen LogP contribution in [0, 0.1) is 5.82 Å². The van der Waals surface area contributed by atoms with Crippen molar-refractivity contribution in [1.82, 2.24) is 20.5 Å². The van der Waals surface area contributed by atoms with E-state index < -0.39 is 5.82 Å². The van der Waals surface area contributed by atoms with Gasteiger partial charge in [0.05, 0.1) is 6.20 Å². The molecule has 3 rings (SSSR count). The minimum Gasteiger partial charge on any atom is -0.347 e. The van der Waals surface area contributed by atoms with Crippen LogP contribution < -0.4 is 5.32 Å². The van der Waals surface area contributed by atoms with E-state index in [2.05, 4.69) is 20.5 Å². The first-order chi connectivity index (χ1) is 11.2. The van der Waals surface area contributed by atoms with Gasteiger partial charge in [-0.2, -0.15) is 5.10 Å². The third kappa shape index (κ3) is 4.00. The summed E-state index contributed by atoms with van der Waals surface area (Å²) in [5.41, 5.74) is 2.89. The van der Waals surface area contributed by atoms with Crippen LogP contribution in [0.15, 0.2) is 54.9 Å². The SMILES string of the molecule is O=C(NCc1cncc(F)c1)c1cc(Cc2ccccc2)[nH]n1. The molecule has 2 heterocycles. The van der Waals surface area contributed by atoms with Gasteiger partial charge in [-0.05, 0) is 23.3 Å². The van der Waals surface area contributed by atoms with Crippen LogP contribution in [0.3, 0.4) is 0 Å². The van der Waals surface area contributed by atoms with Crippen molar-refractivity contribution in [3.63, 3.8) is 0 Å². The summed E-state index contributed by atoms with van der Waals surface area (Å²) in [5.74, 6) is -0.744. The second kappa shape index (κ2) is 6.83. The van der Waals surface area contributed by atoms with Crippen LogP contribution in [0.4, 0.5) is 4.39 Å². The van der Waals surface area contributed by atoms with Crippen molar-refractivity contribution >= 4 is 5.91 Å². The predicted octanol–water partition coefficient (Wildman–Crippen LogP) is 2.46. The molecule has 0 unspecified atom stereocenters. The maximum Gasteiger partial charge on any atom is 0.272 e. The number of nitrogens with zero attached hydrogens (tertiary/aromatic N) is 2. The van der Waals surface area contributed by atoms with E-state index in [0.717, 1.165) is 17.5 Å². The van der Waals surface area contributed by atoms with E-state index in [9.17, 15) is 9.18 Å². The number of amides is 1. The van der Waals surface area contributed by atoms with Gasteiger partial charge in [0.15, 0.2) is 0 Å². The molecule has 0 aliphatic rings. The summed E-state index contributed by atoms with van der Waals surface area (Å²) in [6.07, 6.45) is 3.30. The molecule has 0 spiro atoms. The maximum atomic E-state index is 13.0. The van der Waals surface area contributed by atoms with Gasteiger partial charge in [0.2, 0.25) is 0 Å². The lowest BCUT2D eigenvalue weighted by Gasteiger charge is -2.02. The second-order valence-electron chi connectivity index (χ2n) is 5.13. The summed E-state index contributed by atoms with van der Waals surface area (Å²) in [5, 5.41) is 9.57. The Morgan fingerprint density at radius 3 is 2.74 bits per heavy atom. The fraction of sp³-hybridized carbons (Fsp3) is 0.118. The van der Waals surface area contributed by atoms with Gasteiger partial charge in [0.25, 0.3) is 5.91 Å². The molecule has 0 saturated heterocycles. The number of carbonyl (C=O) groups is 1. The van der Waals surface area contributed by atoms with Crippen LogP contribution in [0.25, 0.3) is 0 Å². The standard InChI is InChI=1S/C17H15FN4O/c18-14-6-13(9-19-11-14)10-20-17(23)16-8-15(21-22-16)7-12-4-2-1-3-5-12/h1-6,8-9,11H,7,10H2,(H,20,23)(H,21,22). The van der Waals surface area contributed by atoms with Crippen LogP contribution >= 0.6 is 0 Å². The molecule has 0 bridgehead atoms. The molecule has 0 fully saturated rings. The third-order valence-corrected chi connectivity index (χ3v) is 3.32. The number of halogens is 1. The first-order valence-corrected chi connectivity index (χ1v) is 7.16. The Bertz CT molecular complexity index is 801. The number of pyridine rings is 1. The first-order valence-electron chi connectivity index (χ1n) is 7.16. The molecule has 0 aliphatic carbocycles. The van der Waals surface area contributed by atoms with Crippen molar-refractivity contribution in [3.8, 4) is 0 Å². The number of carbonyl (C=O) groups excluding carboxylic acids is 1. The summed E-state index contributed by atoms with van der Waals surface area (Å²) in [6.45, 7) is 0.199. The number of aromatic amines is 1. The molecule has 0 saturated carbocycles. The molecule has 1 amide bonds. The Kier molecular flexibility index (Phi) is 4.42. The molecule has 0 aliphatic heterocycles. The maximum absolute atomic E-state index is 13.0. The molecule has 6 heteroatoms. The van der Waals surface area contributed by atoms with E-state index in [1.54, 1.807) is 6.07 Å². The number of benzene rings is 1. The molecular weight excluding hydrogens is 295 g/mol. The van der Waals surface area contributed by atoms with Crippen LogP contribution in [0.5, 0.6) is 0 Å². The topological polar surface area (TPSA) is 70.7 Å². The summed E-state index contributed by atoms with van der Waals surface area (Å²) in [6, 6.07) is 13.0. The summed E-state index contributed by atoms with van der Waals surface area (Å²) >= 11 is 0. The zero-order valence-electron chi connectivity index (χ0n) is 12.3. The minimum absolute atomic E-state index is 0.199. The fourth-order valence-electron chi connectivity index (χ4n) is 2.21. The Morgan fingerprint density at radius 2 is 1.96 bits per heavy atom. The van der Waals surface area contributed by atoms with Gasteiger partial charge in [-0.1, -0.05) is 30.3 Å². The zero-order valence-corrected chi connectivity index (χ0v) is 12.3. The molecule has 1 aromatic carbocycles. The van der Waals surface area contributed by atoms with Gasteiger partial charge in [-0.25, -0.2) is 4.39 Å². The lowest BCUT2D eigenvalue weighted by molar-refractivity contribution is 0.0946. The second-order valence-corrected chi connectivity index (χ2v) is 5.13. The molecular formula is C17H15FN4O. The van der Waals surface area contributed by atoms with E-state index >= 15 is 0 Å². The number of H-pyrrole nitrogens is 1. The molecule has 2 aromatic heterocycles. The van der Waals surface area contributed by atoms with Crippen molar-refractivity contribution in [2.24, 2.45) is 0 Å². The van der Waals surface area contributed by atoms with Crippen molar-refractivity contribution < 1.29 is 9.18 Å². The highest BCUT2D eigenvalue weighted by molar-refractivity contribution is 5.92. The molecule has 0 radical (unpaired) electrons. The summed E-state index contributed by atoms with van der Waals surface area (Å²) < 4.78 is 13.0. The number of hydrogen-bond donors (Lipinski definition) is 2. The van der Waals surface area contributed by atoms with Gasteiger partial charge in [0.1, 0.15) is 11.5 Å². The van der Waals surface area contributed by atoms with E-state index in [4.69, 9.17) is 0 Å². The highest BCUT2D eigenvalue weighted by atomic mass is 19.1. The summed E-state index contributed by atoms with van der Waals surface area (Å²) in [4.78, 5) is 15.8. The number of rotatable bonds is 5. The third-order valence-electron chi connectivity index (χ3n) is 3.32. The minimum atomic E-state index is -0.429. The highest BCUT2D eigenvalue weighted by Gasteiger charge is 2.10. The number of hydrogen-bond acceptors (Lipinski definition) is 3. The Morgan fingerprint density at radius 1 is 1.13 bits per heavy atom. The van der Waals surface area contributed by atoms with Crippen LogP contribution in [-0.2, 0) is 13.0 Å². The molecule has 23 heavy (non-hydrogen) atoms. The van der Waals surface area contributed by atoms with Crippen LogP contribution in [0.2, 0.25) is 0 Å². The van der Waals surface area contributed by atoms with E-state index in [0.29, 0.717) is 17.7 Å². The number of aromatic nitrogens is 3. The van der Waals surface area contributed by atoms with Crippen molar-refractivity contribution in [2.75, 3.05) is 0 Å². The van der Waals surface area contributed by atoms with E-state index in [-0.39, 0.29) is 12.5 Å². The molecule has 0 atom stereocenters. The molecule has 116 valence electrons. The predicted molar refractivity (Wildman–Crippen MR) is 83.2 cm³/mol. The lowest BCUT2D eigenvalue weighted by Crippen LogP contribution is -2.23. The Labute approximate surface area is 132 Å². The molecule has 3 aromatic rings. The molecule has 5 nitrogen and oxygen atoms in total. The average molecular weight is 310 g/mol. The van der Waals surface area contributed by atoms with Crippen molar-refractivity contribution in [2.45, 2.75) is 13.0 Å². The van der Waals surface area contributed by atoms with Gasteiger partial charge in [0, 0.05) is 24.9 Å². The molecule has 2 N–H and O–H groups in total. The Hall–Kier alpha value is -3.02. The van der Waals surface area contributed by atoms with Gasteiger partial charge in [-0.15, -0.1) is 0 Å². The van der Waals surface area contributed by atoms with Gasteiger partial charge in [-0.3, -0.25) is 14.9 Å². The smallest absolute Gasteiger partial charge is 0.272 e. The normalized spacial score (nSPS) is 10.5. The largest absolute Gasteiger partial charge is 0.347 e. The fourth-order valence-corrected chi connectivity index (χ4v) is 2.21. The lowest BCUT2D eigenvalue weighted by atomic mass is 10.1.